The van der Waals surface area contributed by atoms with Gasteiger partial charge in [-0.2, -0.15) is 0 Å². The van der Waals surface area contributed by atoms with Crippen molar-refractivity contribution in [2.75, 3.05) is 5.75 Å². The molecule has 1 saturated heterocycles. The number of hydrogen-bond acceptors (Lipinski definition) is 4. The Kier molecular flexibility index (Phi) is 5.17. The number of rotatable bonds is 3. The van der Waals surface area contributed by atoms with Crippen molar-refractivity contribution in [2.24, 2.45) is 5.92 Å². The molecule has 3 rings (SSSR count). The molecular weight excluding hydrogens is 334 g/mol. The molecule has 0 N–H and O–H groups in total. The predicted octanol–water partition coefficient (Wildman–Crippen LogP) is 2.55. The average molecular weight is 353 g/mol. The molecule has 1 heterocycles. The second kappa shape index (κ2) is 7.14. The van der Waals surface area contributed by atoms with E-state index in [2.05, 4.69) is 0 Å². The van der Waals surface area contributed by atoms with E-state index < -0.39 is 12.0 Å². The molecule has 0 unspecified atom stereocenters. The Labute approximate surface area is 145 Å². The highest BCUT2D eigenvalue weighted by molar-refractivity contribution is 8.00. The third-order valence-corrected chi connectivity index (χ3v) is 6.40. The van der Waals surface area contributed by atoms with Crippen LogP contribution in [-0.4, -0.2) is 33.9 Å². The highest BCUT2D eigenvalue weighted by Crippen LogP contribution is 2.41. The summed E-state index contributed by atoms with van der Waals surface area (Å²) in [6.07, 6.45) is 5.65. The Balaban J connectivity index is 1.87. The molecule has 4 nitrogen and oxygen atoms in total. The number of amides is 1. The first-order chi connectivity index (χ1) is 11.1. The number of carboxylic acid groups (broad SMARTS) is 1. The average Bonchev–Trinajstić information content (AvgIpc) is 3.01. The van der Waals surface area contributed by atoms with Crippen LogP contribution in [0.5, 0.6) is 0 Å². The van der Waals surface area contributed by atoms with Crippen molar-refractivity contribution in [1.29, 1.82) is 0 Å². The zero-order chi connectivity index (χ0) is 16.4. The van der Waals surface area contributed by atoms with Crippen LogP contribution in [-0.2, 0) is 4.79 Å². The lowest BCUT2D eigenvalue weighted by molar-refractivity contribution is -0.310. The van der Waals surface area contributed by atoms with Crippen LogP contribution in [0.1, 0.15) is 42.5 Å². The van der Waals surface area contributed by atoms with Crippen molar-refractivity contribution < 1.29 is 14.7 Å². The predicted molar refractivity (Wildman–Crippen MR) is 89.2 cm³/mol. The molecule has 0 bridgehead atoms. The molecule has 0 aromatic heterocycles. The maximum Gasteiger partial charge on any atom is 0.255 e. The summed E-state index contributed by atoms with van der Waals surface area (Å²) in [7, 11) is 0. The summed E-state index contributed by atoms with van der Waals surface area (Å²) in [6, 6.07) is 5.76. The van der Waals surface area contributed by atoms with Crippen LogP contribution in [0.2, 0.25) is 5.02 Å². The molecule has 0 radical (unpaired) electrons. The Morgan fingerprint density at radius 3 is 2.39 bits per heavy atom. The lowest BCUT2D eigenvalue weighted by atomic mass is 9.88. The normalized spacial score (nSPS) is 25.5. The fraction of sp³-hybridized carbons (Fsp3) is 0.529. The van der Waals surface area contributed by atoms with Crippen LogP contribution < -0.4 is 5.11 Å². The number of carboxylic acids is 1. The van der Waals surface area contributed by atoms with E-state index in [0.717, 1.165) is 25.7 Å². The Hall–Kier alpha value is -1.20. The molecular formula is C17H19ClNO3S-. The van der Waals surface area contributed by atoms with E-state index in [0.29, 0.717) is 22.3 Å². The number of benzene rings is 1. The maximum atomic E-state index is 12.9. The molecule has 23 heavy (non-hydrogen) atoms. The molecule has 2 aliphatic rings. The highest BCUT2D eigenvalue weighted by atomic mass is 35.5. The second-order valence-electron chi connectivity index (χ2n) is 6.18. The first-order valence-corrected chi connectivity index (χ1v) is 9.41. The van der Waals surface area contributed by atoms with Crippen molar-refractivity contribution >= 4 is 35.2 Å². The van der Waals surface area contributed by atoms with Crippen molar-refractivity contribution in [3.05, 3.63) is 34.9 Å². The Bertz CT molecular complexity index is 586. The molecule has 1 aliphatic heterocycles. The van der Waals surface area contributed by atoms with Crippen molar-refractivity contribution in [3.63, 3.8) is 0 Å². The number of aliphatic carboxylic acids is 1. The molecule has 0 spiro atoms. The number of nitrogens with zero attached hydrogens (tertiary/aromatic N) is 1. The molecule has 2 atom stereocenters. The summed E-state index contributed by atoms with van der Waals surface area (Å²) in [6.45, 7) is 0. The third kappa shape index (κ3) is 3.50. The number of carbonyl (C=O) groups is 2. The minimum absolute atomic E-state index is 0.0682. The first-order valence-electron chi connectivity index (χ1n) is 7.98. The topological polar surface area (TPSA) is 60.4 Å². The van der Waals surface area contributed by atoms with Gasteiger partial charge in [-0.15, -0.1) is 11.8 Å². The molecule has 1 aromatic rings. The summed E-state index contributed by atoms with van der Waals surface area (Å²) in [5.74, 6) is -0.632. The smallest absolute Gasteiger partial charge is 0.255 e. The van der Waals surface area contributed by atoms with Gasteiger partial charge >= 0.3 is 0 Å². The first kappa shape index (κ1) is 16.7. The van der Waals surface area contributed by atoms with E-state index in [1.54, 1.807) is 40.9 Å². The lowest BCUT2D eigenvalue weighted by Gasteiger charge is -2.36. The zero-order valence-electron chi connectivity index (χ0n) is 12.7. The summed E-state index contributed by atoms with van der Waals surface area (Å²) >= 11 is 7.45. The van der Waals surface area contributed by atoms with Gasteiger partial charge in [-0.05, 0) is 43.0 Å². The van der Waals surface area contributed by atoms with Gasteiger partial charge in [-0.1, -0.05) is 30.9 Å². The van der Waals surface area contributed by atoms with Crippen LogP contribution in [0, 0.1) is 5.92 Å². The molecule has 124 valence electrons. The summed E-state index contributed by atoms with van der Waals surface area (Å²) < 4.78 is 0. The highest BCUT2D eigenvalue weighted by Gasteiger charge is 2.42. The summed E-state index contributed by atoms with van der Waals surface area (Å²) in [4.78, 5) is 25.9. The molecule has 1 saturated carbocycles. The molecule has 6 heteroatoms. The third-order valence-electron chi connectivity index (χ3n) is 4.69. The number of hydrogen-bond donors (Lipinski definition) is 0. The van der Waals surface area contributed by atoms with Gasteiger partial charge in [-0.3, -0.25) is 4.79 Å². The summed E-state index contributed by atoms with van der Waals surface area (Å²) in [5.41, 5.74) is 0.476. The zero-order valence-corrected chi connectivity index (χ0v) is 14.3. The van der Waals surface area contributed by atoms with Crippen LogP contribution >= 0.6 is 23.4 Å². The molecule has 2 fully saturated rings. The van der Waals surface area contributed by atoms with Gasteiger partial charge in [0, 0.05) is 16.3 Å². The fourth-order valence-corrected chi connectivity index (χ4v) is 5.24. The number of halogens is 1. The Morgan fingerprint density at radius 2 is 1.78 bits per heavy atom. The Morgan fingerprint density at radius 1 is 1.13 bits per heavy atom. The number of carbonyl (C=O) groups excluding carboxylic acids is 2. The van der Waals surface area contributed by atoms with Gasteiger partial charge in [0.1, 0.15) is 0 Å². The van der Waals surface area contributed by atoms with Crippen LogP contribution in [0.15, 0.2) is 24.3 Å². The van der Waals surface area contributed by atoms with Crippen LogP contribution in [0.25, 0.3) is 0 Å². The molecule has 1 aromatic carbocycles. The minimum atomic E-state index is -1.17. The van der Waals surface area contributed by atoms with Crippen molar-refractivity contribution in [1.82, 2.24) is 4.90 Å². The number of thioether (sulfide) groups is 1. The quantitative estimate of drug-likeness (QED) is 0.838. The maximum absolute atomic E-state index is 12.9. The van der Waals surface area contributed by atoms with E-state index in [1.165, 1.54) is 6.42 Å². The monoisotopic (exact) mass is 352 g/mol. The lowest BCUT2D eigenvalue weighted by Crippen LogP contribution is -2.52. The largest absolute Gasteiger partial charge is 0.548 e. The van der Waals surface area contributed by atoms with E-state index in [4.69, 9.17) is 11.6 Å². The molecule has 1 amide bonds. The van der Waals surface area contributed by atoms with E-state index in [-0.39, 0.29) is 11.3 Å². The molecule has 1 aliphatic carbocycles. The van der Waals surface area contributed by atoms with Gasteiger partial charge in [0.15, 0.2) is 0 Å². The van der Waals surface area contributed by atoms with Crippen molar-refractivity contribution in [2.45, 2.75) is 43.5 Å². The fourth-order valence-electron chi connectivity index (χ4n) is 3.49. The van der Waals surface area contributed by atoms with Gasteiger partial charge in [0.2, 0.25) is 0 Å². The van der Waals surface area contributed by atoms with Crippen LogP contribution in [0.4, 0.5) is 0 Å². The van der Waals surface area contributed by atoms with E-state index in [9.17, 15) is 14.7 Å². The second-order valence-corrected chi connectivity index (χ2v) is 7.76. The van der Waals surface area contributed by atoms with Gasteiger partial charge in [0.05, 0.1) is 17.4 Å². The van der Waals surface area contributed by atoms with Gasteiger partial charge in [0.25, 0.3) is 5.91 Å². The van der Waals surface area contributed by atoms with Crippen molar-refractivity contribution in [3.8, 4) is 0 Å². The van der Waals surface area contributed by atoms with E-state index >= 15 is 0 Å². The standard InChI is InChI=1S/C17H20ClNO3S/c18-13-8-6-11(7-9-13)15(20)19-14(17(21)22)10-23-16(19)12-4-2-1-3-5-12/h6-9,12,14,16H,1-5,10H2,(H,21,22)/p-1/t14-,16+/m1/s1. The van der Waals surface area contributed by atoms with Gasteiger partial charge < -0.3 is 14.8 Å². The van der Waals surface area contributed by atoms with E-state index in [1.807, 2.05) is 0 Å². The summed E-state index contributed by atoms with van der Waals surface area (Å²) in [5, 5.41) is 12.0. The SMILES string of the molecule is O=C([O-])[C@H]1CS[C@@H](C2CCCCC2)N1C(=O)c1ccc(Cl)cc1. The van der Waals surface area contributed by atoms with Crippen LogP contribution in [0.3, 0.4) is 0 Å². The van der Waals surface area contributed by atoms with Gasteiger partial charge in [-0.25, -0.2) is 0 Å². The minimum Gasteiger partial charge on any atom is -0.548 e.